The molecule has 0 radical (unpaired) electrons. The first-order chi connectivity index (χ1) is 7.87. The summed E-state index contributed by atoms with van der Waals surface area (Å²) >= 11 is 0. The van der Waals surface area contributed by atoms with E-state index in [2.05, 4.69) is 5.32 Å². The molecule has 17 heavy (non-hydrogen) atoms. The maximum atomic E-state index is 12.2. The average molecular weight is 250 g/mol. The van der Waals surface area contributed by atoms with Crippen LogP contribution in [0.2, 0.25) is 0 Å². The Kier molecular flexibility index (Phi) is 4.82. The molecule has 0 saturated heterocycles. The van der Waals surface area contributed by atoms with E-state index in [9.17, 15) is 13.6 Å². The standard InChI is InChI=1S/C11H20F2N2O2/c1-11(10(16)17-3,14-8-4-5-8)7-15(2)6-9(12)13/h8-9,14H,4-7H2,1-3H3. The number of rotatable bonds is 7. The van der Waals surface area contributed by atoms with E-state index in [1.165, 1.54) is 12.0 Å². The van der Waals surface area contributed by atoms with Crippen molar-refractivity contribution in [2.45, 2.75) is 37.8 Å². The number of carbonyl (C=O) groups is 1. The van der Waals surface area contributed by atoms with Gasteiger partial charge in [-0.05, 0) is 26.8 Å². The number of carbonyl (C=O) groups excluding carboxylic acids is 1. The van der Waals surface area contributed by atoms with E-state index in [1.54, 1.807) is 14.0 Å². The van der Waals surface area contributed by atoms with Crippen LogP contribution in [0, 0.1) is 0 Å². The Labute approximate surface area is 100 Å². The summed E-state index contributed by atoms with van der Waals surface area (Å²) in [5, 5.41) is 3.16. The molecule has 0 amide bonds. The van der Waals surface area contributed by atoms with Gasteiger partial charge in [0.15, 0.2) is 0 Å². The Morgan fingerprint density at radius 3 is 2.59 bits per heavy atom. The minimum atomic E-state index is -2.40. The number of likely N-dealkylation sites (N-methyl/N-ethyl adjacent to an activating group) is 1. The molecule has 0 spiro atoms. The molecule has 1 unspecified atom stereocenters. The van der Waals surface area contributed by atoms with Gasteiger partial charge in [0.25, 0.3) is 6.43 Å². The minimum Gasteiger partial charge on any atom is -0.468 e. The topological polar surface area (TPSA) is 41.6 Å². The molecule has 100 valence electrons. The summed E-state index contributed by atoms with van der Waals surface area (Å²) in [5.74, 6) is -0.412. The molecule has 4 nitrogen and oxygen atoms in total. The number of hydrogen-bond donors (Lipinski definition) is 1. The predicted octanol–water partition coefficient (Wildman–Crippen LogP) is 0.867. The lowest BCUT2D eigenvalue weighted by molar-refractivity contribution is -0.149. The van der Waals surface area contributed by atoms with Crippen LogP contribution in [-0.4, -0.2) is 56.1 Å². The van der Waals surface area contributed by atoms with Crippen molar-refractivity contribution in [3.05, 3.63) is 0 Å². The molecular formula is C11H20F2N2O2. The molecule has 1 aliphatic rings. The lowest BCUT2D eigenvalue weighted by atomic mass is 10.0. The molecule has 0 bridgehead atoms. The number of methoxy groups -OCH3 is 1. The second kappa shape index (κ2) is 5.73. The van der Waals surface area contributed by atoms with Gasteiger partial charge in [-0.1, -0.05) is 0 Å². The molecule has 6 heteroatoms. The zero-order valence-electron chi connectivity index (χ0n) is 10.5. The zero-order chi connectivity index (χ0) is 13.1. The van der Waals surface area contributed by atoms with Crippen molar-refractivity contribution >= 4 is 5.97 Å². The monoisotopic (exact) mass is 250 g/mol. The summed E-state index contributed by atoms with van der Waals surface area (Å²) in [4.78, 5) is 13.2. The van der Waals surface area contributed by atoms with Crippen molar-refractivity contribution in [3.63, 3.8) is 0 Å². The maximum absolute atomic E-state index is 12.2. The van der Waals surface area contributed by atoms with Crippen molar-refractivity contribution in [2.24, 2.45) is 0 Å². The fourth-order valence-electron chi connectivity index (χ4n) is 1.91. The molecule has 0 aromatic rings. The van der Waals surface area contributed by atoms with Crippen molar-refractivity contribution in [3.8, 4) is 0 Å². The molecular weight excluding hydrogens is 230 g/mol. The van der Waals surface area contributed by atoms with Gasteiger partial charge in [0.1, 0.15) is 5.54 Å². The summed E-state index contributed by atoms with van der Waals surface area (Å²) in [6.07, 6.45) is -0.362. The molecule has 1 atom stereocenters. The average Bonchev–Trinajstić information content (AvgIpc) is 2.98. The first-order valence-corrected chi connectivity index (χ1v) is 5.70. The molecule has 1 N–H and O–H groups in total. The van der Waals surface area contributed by atoms with E-state index in [1.807, 2.05) is 0 Å². The Balaban J connectivity index is 2.58. The number of nitrogens with one attached hydrogen (secondary N) is 1. The molecule has 0 heterocycles. The van der Waals surface area contributed by atoms with Gasteiger partial charge in [-0.3, -0.25) is 15.0 Å². The van der Waals surface area contributed by atoms with E-state index in [0.717, 1.165) is 12.8 Å². The van der Waals surface area contributed by atoms with Crippen LogP contribution < -0.4 is 5.32 Å². The highest BCUT2D eigenvalue weighted by atomic mass is 19.3. The number of hydrogen-bond acceptors (Lipinski definition) is 4. The summed E-state index contributed by atoms with van der Waals surface area (Å²) in [6, 6.07) is 0.305. The Bertz CT molecular complexity index is 272. The number of ether oxygens (including phenoxy) is 1. The van der Waals surface area contributed by atoms with Gasteiger partial charge in [-0.25, -0.2) is 8.78 Å². The molecule has 1 rings (SSSR count). The van der Waals surface area contributed by atoms with Crippen LogP contribution in [0.5, 0.6) is 0 Å². The van der Waals surface area contributed by atoms with Gasteiger partial charge in [0, 0.05) is 12.6 Å². The number of nitrogens with zero attached hydrogens (tertiary/aromatic N) is 1. The molecule has 1 aliphatic carbocycles. The van der Waals surface area contributed by atoms with Gasteiger partial charge in [-0.2, -0.15) is 0 Å². The van der Waals surface area contributed by atoms with E-state index in [-0.39, 0.29) is 13.1 Å². The van der Waals surface area contributed by atoms with E-state index < -0.39 is 17.9 Å². The second-order valence-corrected chi connectivity index (χ2v) is 4.83. The van der Waals surface area contributed by atoms with E-state index in [0.29, 0.717) is 6.04 Å². The molecule has 0 aliphatic heterocycles. The van der Waals surface area contributed by atoms with Crippen molar-refractivity contribution < 1.29 is 18.3 Å². The predicted molar refractivity (Wildman–Crippen MR) is 60.1 cm³/mol. The SMILES string of the molecule is COC(=O)C(C)(CN(C)CC(F)F)NC1CC1. The van der Waals surface area contributed by atoms with Gasteiger partial charge in [0.2, 0.25) is 0 Å². The number of alkyl halides is 2. The van der Waals surface area contributed by atoms with Crippen LogP contribution in [-0.2, 0) is 9.53 Å². The lowest BCUT2D eigenvalue weighted by Crippen LogP contribution is -2.58. The first kappa shape index (κ1) is 14.3. The maximum Gasteiger partial charge on any atom is 0.327 e. The van der Waals surface area contributed by atoms with E-state index in [4.69, 9.17) is 4.74 Å². The third kappa shape index (κ3) is 4.55. The normalized spacial score (nSPS) is 19.5. The second-order valence-electron chi connectivity index (χ2n) is 4.83. The Morgan fingerprint density at radius 2 is 2.18 bits per heavy atom. The Hall–Kier alpha value is -0.750. The van der Waals surface area contributed by atoms with Gasteiger partial charge in [0.05, 0.1) is 13.7 Å². The summed E-state index contributed by atoms with van der Waals surface area (Å²) in [5.41, 5.74) is -0.917. The number of esters is 1. The smallest absolute Gasteiger partial charge is 0.327 e. The number of halogens is 2. The van der Waals surface area contributed by atoms with Crippen molar-refractivity contribution in [1.29, 1.82) is 0 Å². The fraction of sp³-hybridized carbons (Fsp3) is 0.909. The molecule has 0 aromatic carbocycles. The zero-order valence-corrected chi connectivity index (χ0v) is 10.5. The molecule has 1 saturated carbocycles. The van der Waals surface area contributed by atoms with Gasteiger partial charge >= 0.3 is 5.97 Å². The van der Waals surface area contributed by atoms with Crippen molar-refractivity contribution in [1.82, 2.24) is 10.2 Å². The fourth-order valence-corrected chi connectivity index (χ4v) is 1.91. The third-order valence-corrected chi connectivity index (χ3v) is 2.77. The van der Waals surface area contributed by atoms with Crippen LogP contribution >= 0.6 is 0 Å². The summed E-state index contributed by atoms with van der Waals surface area (Å²) in [6.45, 7) is 1.55. The highest BCUT2D eigenvalue weighted by molar-refractivity contribution is 5.80. The van der Waals surface area contributed by atoms with Crippen LogP contribution in [0.4, 0.5) is 8.78 Å². The minimum absolute atomic E-state index is 0.209. The first-order valence-electron chi connectivity index (χ1n) is 5.70. The van der Waals surface area contributed by atoms with Crippen LogP contribution in [0.3, 0.4) is 0 Å². The quantitative estimate of drug-likeness (QED) is 0.681. The van der Waals surface area contributed by atoms with E-state index >= 15 is 0 Å². The van der Waals surface area contributed by atoms with Gasteiger partial charge < -0.3 is 4.74 Å². The summed E-state index contributed by atoms with van der Waals surface area (Å²) < 4.78 is 29.2. The van der Waals surface area contributed by atoms with Crippen LogP contribution in [0.15, 0.2) is 0 Å². The summed E-state index contributed by atoms with van der Waals surface area (Å²) in [7, 11) is 2.88. The highest BCUT2D eigenvalue weighted by Crippen LogP contribution is 2.23. The van der Waals surface area contributed by atoms with Gasteiger partial charge in [-0.15, -0.1) is 0 Å². The third-order valence-electron chi connectivity index (χ3n) is 2.77. The highest BCUT2D eigenvalue weighted by Gasteiger charge is 2.40. The Morgan fingerprint density at radius 1 is 1.59 bits per heavy atom. The largest absolute Gasteiger partial charge is 0.468 e. The molecule has 1 fully saturated rings. The molecule has 0 aromatic heterocycles. The van der Waals surface area contributed by atoms with Crippen LogP contribution in [0.25, 0.3) is 0 Å². The van der Waals surface area contributed by atoms with Crippen molar-refractivity contribution in [2.75, 3.05) is 27.2 Å². The van der Waals surface area contributed by atoms with Crippen LogP contribution in [0.1, 0.15) is 19.8 Å². The lowest BCUT2D eigenvalue weighted by Gasteiger charge is -2.32.